The van der Waals surface area contributed by atoms with Crippen LogP contribution >= 0.6 is 22.7 Å². The standard InChI is InChI=1S/C23H31N5OS2/c1-3-17(2)28(16-19-6-5-15-30-19)14-11-24-21(29)18-8-12-27(13-9-18)23-26-20-7-4-10-25-22(20)31-23/h4-7,10,15,17-18H,3,8-9,11-14,16H2,1-2H3,(H,24,29). The van der Waals surface area contributed by atoms with E-state index >= 15 is 0 Å². The monoisotopic (exact) mass is 457 g/mol. The lowest BCUT2D eigenvalue weighted by atomic mass is 9.96. The fraction of sp³-hybridized carbons (Fsp3) is 0.522. The van der Waals surface area contributed by atoms with Gasteiger partial charge in [-0.25, -0.2) is 9.97 Å². The van der Waals surface area contributed by atoms with Gasteiger partial charge in [-0.3, -0.25) is 9.69 Å². The van der Waals surface area contributed by atoms with Crippen LogP contribution in [0.3, 0.4) is 0 Å². The fourth-order valence-corrected chi connectivity index (χ4v) is 5.70. The van der Waals surface area contributed by atoms with E-state index in [0.717, 1.165) is 60.9 Å². The molecule has 4 heterocycles. The van der Waals surface area contributed by atoms with Gasteiger partial charge >= 0.3 is 0 Å². The first-order valence-electron chi connectivity index (χ1n) is 11.1. The van der Waals surface area contributed by atoms with E-state index in [1.807, 2.05) is 18.3 Å². The predicted molar refractivity (Wildman–Crippen MR) is 130 cm³/mol. The molecule has 0 radical (unpaired) electrons. The van der Waals surface area contributed by atoms with Crippen molar-refractivity contribution in [3.8, 4) is 0 Å². The van der Waals surface area contributed by atoms with E-state index in [0.29, 0.717) is 12.6 Å². The van der Waals surface area contributed by atoms with Crippen molar-refractivity contribution in [2.45, 2.75) is 45.7 Å². The van der Waals surface area contributed by atoms with Crippen LogP contribution < -0.4 is 10.2 Å². The summed E-state index contributed by atoms with van der Waals surface area (Å²) in [6.07, 6.45) is 4.67. The number of hydrogen-bond acceptors (Lipinski definition) is 7. The van der Waals surface area contributed by atoms with Crippen LogP contribution in [0.2, 0.25) is 0 Å². The quantitative estimate of drug-likeness (QED) is 0.516. The Hall–Kier alpha value is -2.03. The lowest BCUT2D eigenvalue weighted by Gasteiger charge is -2.31. The summed E-state index contributed by atoms with van der Waals surface area (Å²) in [7, 11) is 0. The maximum absolute atomic E-state index is 12.8. The SMILES string of the molecule is CCC(C)N(CCNC(=O)C1CCN(c2nc3cccnc3s2)CC1)Cc1cccs1. The maximum Gasteiger partial charge on any atom is 0.223 e. The van der Waals surface area contributed by atoms with E-state index in [1.54, 1.807) is 22.7 Å². The van der Waals surface area contributed by atoms with Gasteiger partial charge in [0.15, 0.2) is 5.13 Å². The molecule has 31 heavy (non-hydrogen) atoms. The molecule has 0 spiro atoms. The van der Waals surface area contributed by atoms with E-state index < -0.39 is 0 Å². The molecule has 0 aliphatic carbocycles. The van der Waals surface area contributed by atoms with Crippen LogP contribution in [0.15, 0.2) is 35.8 Å². The van der Waals surface area contributed by atoms with Crippen molar-refractivity contribution < 1.29 is 4.79 Å². The number of fused-ring (bicyclic) bond motifs is 1. The number of rotatable bonds is 9. The van der Waals surface area contributed by atoms with Gasteiger partial charge < -0.3 is 10.2 Å². The predicted octanol–water partition coefficient (Wildman–Crippen LogP) is 4.39. The summed E-state index contributed by atoms with van der Waals surface area (Å²) in [5, 5.41) is 6.35. The van der Waals surface area contributed by atoms with Crippen molar-refractivity contribution >= 4 is 44.1 Å². The van der Waals surface area contributed by atoms with Gasteiger partial charge in [-0.15, -0.1) is 11.3 Å². The molecule has 1 aliphatic rings. The third kappa shape index (κ3) is 5.61. The minimum absolute atomic E-state index is 0.0955. The molecule has 1 amide bonds. The third-order valence-electron chi connectivity index (χ3n) is 6.14. The van der Waals surface area contributed by atoms with Gasteiger partial charge in [0.2, 0.25) is 5.91 Å². The Kier molecular flexibility index (Phi) is 7.53. The van der Waals surface area contributed by atoms with E-state index in [9.17, 15) is 4.79 Å². The van der Waals surface area contributed by atoms with Gasteiger partial charge in [0.1, 0.15) is 10.3 Å². The second-order valence-corrected chi connectivity index (χ2v) is 10.2. The van der Waals surface area contributed by atoms with Crippen LogP contribution in [0.5, 0.6) is 0 Å². The molecule has 6 nitrogen and oxygen atoms in total. The Morgan fingerprint density at radius 3 is 2.87 bits per heavy atom. The van der Waals surface area contributed by atoms with Gasteiger partial charge in [-0.2, -0.15) is 0 Å². The zero-order valence-corrected chi connectivity index (χ0v) is 19.9. The molecule has 1 unspecified atom stereocenters. The van der Waals surface area contributed by atoms with Gasteiger partial charge in [0, 0.05) is 55.8 Å². The molecule has 3 aromatic heterocycles. The summed E-state index contributed by atoms with van der Waals surface area (Å²) in [5.41, 5.74) is 0.954. The molecule has 0 saturated carbocycles. The van der Waals surface area contributed by atoms with Crippen LogP contribution in [-0.2, 0) is 11.3 Å². The Bertz CT molecular complexity index is 932. The number of pyridine rings is 1. The van der Waals surface area contributed by atoms with Gasteiger partial charge in [-0.1, -0.05) is 24.3 Å². The molecule has 4 rings (SSSR count). The molecule has 1 fully saturated rings. The van der Waals surface area contributed by atoms with Crippen molar-refractivity contribution in [2.75, 3.05) is 31.1 Å². The average Bonchev–Trinajstić information content (AvgIpc) is 3.47. The van der Waals surface area contributed by atoms with E-state index in [2.05, 4.69) is 51.5 Å². The van der Waals surface area contributed by atoms with Crippen LogP contribution in [0.1, 0.15) is 38.0 Å². The van der Waals surface area contributed by atoms with Crippen LogP contribution in [0.4, 0.5) is 5.13 Å². The van der Waals surface area contributed by atoms with Crippen molar-refractivity contribution in [2.24, 2.45) is 5.92 Å². The average molecular weight is 458 g/mol. The van der Waals surface area contributed by atoms with Gasteiger partial charge in [0.25, 0.3) is 0 Å². The van der Waals surface area contributed by atoms with Crippen LogP contribution in [0.25, 0.3) is 10.3 Å². The summed E-state index contributed by atoms with van der Waals surface area (Å²) in [6, 6.07) is 8.72. The van der Waals surface area contributed by atoms with Gasteiger partial charge in [-0.05, 0) is 49.8 Å². The number of nitrogens with one attached hydrogen (secondary N) is 1. The van der Waals surface area contributed by atoms with E-state index in [4.69, 9.17) is 4.98 Å². The lowest BCUT2D eigenvalue weighted by Crippen LogP contribution is -2.43. The van der Waals surface area contributed by atoms with Crippen molar-refractivity contribution in [1.29, 1.82) is 0 Å². The van der Waals surface area contributed by atoms with Crippen molar-refractivity contribution in [1.82, 2.24) is 20.2 Å². The molecule has 166 valence electrons. The largest absolute Gasteiger partial charge is 0.355 e. The first-order chi connectivity index (χ1) is 15.1. The molecule has 1 atom stereocenters. The number of hydrogen-bond donors (Lipinski definition) is 1. The summed E-state index contributed by atoms with van der Waals surface area (Å²) >= 11 is 3.43. The first kappa shape index (κ1) is 22.2. The normalized spacial score (nSPS) is 16.2. The van der Waals surface area contributed by atoms with Crippen LogP contribution in [-0.4, -0.2) is 53.0 Å². The second kappa shape index (κ2) is 10.5. The number of nitrogens with zero attached hydrogens (tertiary/aromatic N) is 4. The van der Waals surface area contributed by atoms with Crippen molar-refractivity contribution in [3.05, 3.63) is 40.7 Å². The molecular formula is C23H31N5OS2. The number of aromatic nitrogens is 2. The number of thiophene rings is 1. The molecule has 8 heteroatoms. The molecule has 1 N–H and O–H groups in total. The number of carbonyl (C=O) groups excluding carboxylic acids is 1. The van der Waals surface area contributed by atoms with Crippen molar-refractivity contribution in [3.63, 3.8) is 0 Å². The second-order valence-electron chi connectivity index (χ2n) is 8.18. The maximum atomic E-state index is 12.8. The Balaban J connectivity index is 1.24. The molecule has 1 aliphatic heterocycles. The highest BCUT2D eigenvalue weighted by Gasteiger charge is 2.26. The molecule has 0 bridgehead atoms. The molecule has 1 saturated heterocycles. The van der Waals surface area contributed by atoms with E-state index in [-0.39, 0.29) is 11.8 Å². The van der Waals surface area contributed by atoms with E-state index in [1.165, 1.54) is 4.88 Å². The summed E-state index contributed by atoms with van der Waals surface area (Å²) in [4.78, 5) is 29.0. The Morgan fingerprint density at radius 2 is 2.16 bits per heavy atom. The minimum Gasteiger partial charge on any atom is -0.355 e. The smallest absolute Gasteiger partial charge is 0.223 e. The first-order valence-corrected chi connectivity index (χ1v) is 12.8. The lowest BCUT2D eigenvalue weighted by molar-refractivity contribution is -0.125. The number of amides is 1. The number of piperidine rings is 1. The summed E-state index contributed by atoms with van der Waals surface area (Å²) in [6.45, 7) is 8.78. The minimum atomic E-state index is 0.0955. The highest BCUT2D eigenvalue weighted by Crippen LogP contribution is 2.30. The highest BCUT2D eigenvalue weighted by molar-refractivity contribution is 7.21. The molecule has 3 aromatic rings. The van der Waals surface area contributed by atoms with Gasteiger partial charge in [0.05, 0.1) is 0 Å². The number of thiazole rings is 1. The zero-order valence-electron chi connectivity index (χ0n) is 18.3. The Labute approximate surface area is 192 Å². The fourth-order valence-electron chi connectivity index (χ4n) is 4.01. The zero-order chi connectivity index (χ0) is 21.6. The highest BCUT2D eigenvalue weighted by atomic mass is 32.1. The Morgan fingerprint density at radius 1 is 1.32 bits per heavy atom. The molecule has 0 aromatic carbocycles. The molecular weight excluding hydrogens is 426 g/mol. The topological polar surface area (TPSA) is 61.4 Å². The third-order valence-corrected chi connectivity index (χ3v) is 8.04. The number of anilines is 1. The summed E-state index contributed by atoms with van der Waals surface area (Å²) < 4.78 is 0. The number of carbonyl (C=O) groups is 1. The summed E-state index contributed by atoms with van der Waals surface area (Å²) in [5.74, 6) is 0.295. The van der Waals surface area contributed by atoms with Crippen LogP contribution in [0, 0.1) is 5.92 Å².